The van der Waals surface area contributed by atoms with E-state index >= 15 is 0 Å². The van der Waals surface area contributed by atoms with Crippen molar-refractivity contribution in [3.63, 3.8) is 0 Å². The molecule has 3 atom stereocenters. The highest BCUT2D eigenvalue weighted by Gasteiger charge is 2.33. The first-order chi connectivity index (χ1) is 7.09. The van der Waals surface area contributed by atoms with Crippen LogP contribution < -0.4 is 0 Å². The van der Waals surface area contributed by atoms with Crippen molar-refractivity contribution in [3.8, 4) is 0 Å². The minimum absolute atomic E-state index is 0.0144. The number of aliphatic hydroxyl groups excluding tert-OH is 1. The van der Waals surface area contributed by atoms with Crippen LogP contribution in [0.4, 0.5) is 8.78 Å². The Morgan fingerprint density at radius 1 is 1.27 bits per heavy atom. The molecule has 0 amide bonds. The number of hydrogen-bond donors (Lipinski definition) is 1. The van der Waals surface area contributed by atoms with E-state index in [-0.39, 0.29) is 17.9 Å². The van der Waals surface area contributed by atoms with Gasteiger partial charge < -0.3 is 5.11 Å². The van der Waals surface area contributed by atoms with E-state index in [1.54, 1.807) is 0 Å². The molecule has 0 spiro atoms. The molecule has 1 aromatic carbocycles. The number of benzene rings is 1. The van der Waals surface area contributed by atoms with E-state index in [0.29, 0.717) is 12.0 Å². The molecule has 1 fully saturated rings. The SMILES string of the molecule is CC1C(O)CCC1c1ccc(F)cc1F. The number of halogens is 2. The molecule has 1 aliphatic carbocycles. The lowest BCUT2D eigenvalue weighted by atomic mass is 9.89. The molecule has 15 heavy (non-hydrogen) atoms. The normalized spacial score (nSPS) is 30.8. The average Bonchev–Trinajstić information content (AvgIpc) is 2.49. The van der Waals surface area contributed by atoms with Crippen LogP contribution in [0.15, 0.2) is 18.2 Å². The number of aliphatic hydroxyl groups is 1. The van der Waals surface area contributed by atoms with Gasteiger partial charge in [-0.1, -0.05) is 13.0 Å². The standard InChI is InChI=1S/C12H14F2O/c1-7-9(4-5-12(7)15)10-3-2-8(13)6-11(10)14/h2-3,6-7,9,12,15H,4-5H2,1H3. The van der Waals surface area contributed by atoms with Gasteiger partial charge >= 0.3 is 0 Å². The second-order valence-electron chi connectivity index (χ2n) is 4.28. The van der Waals surface area contributed by atoms with Crippen molar-refractivity contribution in [2.24, 2.45) is 5.92 Å². The van der Waals surface area contributed by atoms with Gasteiger partial charge in [0.25, 0.3) is 0 Å². The van der Waals surface area contributed by atoms with Crippen LogP contribution in [0.1, 0.15) is 31.2 Å². The Bertz CT molecular complexity index is 365. The van der Waals surface area contributed by atoms with Crippen molar-refractivity contribution in [2.45, 2.75) is 31.8 Å². The van der Waals surface area contributed by atoms with Crippen molar-refractivity contribution < 1.29 is 13.9 Å². The fourth-order valence-corrected chi connectivity index (χ4v) is 2.39. The second kappa shape index (κ2) is 3.89. The molecule has 1 aromatic rings. The molecule has 3 heteroatoms. The first kappa shape index (κ1) is 10.6. The summed E-state index contributed by atoms with van der Waals surface area (Å²) in [5.41, 5.74) is 0.528. The summed E-state index contributed by atoms with van der Waals surface area (Å²) in [5, 5.41) is 9.58. The molecule has 2 rings (SSSR count). The third-order valence-electron chi connectivity index (χ3n) is 3.38. The van der Waals surface area contributed by atoms with Crippen LogP contribution in [-0.4, -0.2) is 11.2 Å². The van der Waals surface area contributed by atoms with Crippen molar-refractivity contribution in [2.75, 3.05) is 0 Å². The molecule has 0 bridgehead atoms. The number of rotatable bonds is 1. The van der Waals surface area contributed by atoms with E-state index in [4.69, 9.17) is 0 Å². The number of hydrogen-bond acceptors (Lipinski definition) is 1. The zero-order chi connectivity index (χ0) is 11.0. The maximum Gasteiger partial charge on any atom is 0.129 e. The zero-order valence-electron chi connectivity index (χ0n) is 8.58. The molecule has 1 saturated carbocycles. The summed E-state index contributed by atoms with van der Waals surface area (Å²) in [7, 11) is 0. The van der Waals surface area contributed by atoms with E-state index in [0.717, 1.165) is 12.5 Å². The lowest BCUT2D eigenvalue weighted by molar-refractivity contribution is 0.136. The third-order valence-corrected chi connectivity index (χ3v) is 3.38. The second-order valence-corrected chi connectivity index (χ2v) is 4.28. The van der Waals surface area contributed by atoms with Crippen molar-refractivity contribution in [1.29, 1.82) is 0 Å². The largest absolute Gasteiger partial charge is 0.393 e. The van der Waals surface area contributed by atoms with Crippen LogP contribution in [0, 0.1) is 17.6 Å². The molecule has 1 nitrogen and oxygen atoms in total. The van der Waals surface area contributed by atoms with Crippen LogP contribution in [0.25, 0.3) is 0 Å². The molecule has 0 aromatic heterocycles. The van der Waals surface area contributed by atoms with Crippen LogP contribution in [-0.2, 0) is 0 Å². The van der Waals surface area contributed by atoms with Gasteiger partial charge in [-0.2, -0.15) is 0 Å². The summed E-state index contributed by atoms with van der Waals surface area (Å²) in [5.74, 6) is -0.992. The summed E-state index contributed by atoms with van der Waals surface area (Å²) in [6.45, 7) is 1.91. The average molecular weight is 212 g/mol. The maximum absolute atomic E-state index is 13.5. The Hall–Kier alpha value is -0.960. The maximum atomic E-state index is 13.5. The van der Waals surface area contributed by atoms with Crippen molar-refractivity contribution >= 4 is 0 Å². The topological polar surface area (TPSA) is 20.2 Å². The van der Waals surface area contributed by atoms with Crippen LogP contribution in [0.2, 0.25) is 0 Å². The molecule has 3 unspecified atom stereocenters. The van der Waals surface area contributed by atoms with Crippen LogP contribution in [0.5, 0.6) is 0 Å². The molecule has 0 heterocycles. The van der Waals surface area contributed by atoms with Gasteiger partial charge in [-0.05, 0) is 36.3 Å². The lowest BCUT2D eigenvalue weighted by Crippen LogP contribution is -2.14. The van der Waals surface area contributed by atoms with E-state index in [9.17, 15) is 13.9 Å². The van der Waals surface area contributed by atoms with Gasteiger partial charge in [-0.15, -0.1) is 0 Å². The Balaban J connectivity index is 2.30. The Morgan fingerprint density at radius 2 is 2.00 bits per heavy atom. The molecule has 0 radical (unpaired) electrons. The fourth-order valence-electron chi connectivity index (χ4n) is 2.39. The van der Waals surface area contributed by atoms with E-state index in [1.165, 1.54) is 12.1 Å². The molecule has 1 N–H and O–H groups in total. The van der Waals surface area contributed by atoms with E-state index in [1.807, 2.05) is 6.92 Å². The first-order valence-corrected chi connectivity index (χ1v) is 5.22. The Labute approximate surface area is 87.7 Å². The molecule has 0 aliphatic heterocycles. The first-order valence-electron chi connectivity index (χ1n) is 5.22. The van der Waals surface area contributed by atoms with Crippen molar-refractivity contribution in [3.05, 3.63) is 35.4 Å². The monoisotopic (exact) mass is 212 g/mol. The summed E-state index contributed by atoms with van der Waals surface area (Å²) in [6.07, 6.45) is 1.10. The van der Waals surface area contributed by atoms with Gasteiger partial charge in [0.2, 0.25) is 0 Å². The molecule has 82 valence electrons. The van der Waals surface area contributed by atoms with Gasteiger partial charge in [0.05, 0.1) is 6.10 Å². The Morgan fingerprint density at radius 3 is 2.53 bits per heavy atom. The molecular weight excluding hydrogens is 198 g/mol. The van der Waals surface area contributed by atoms with Gasteiger partial charge in [0.15, 0.2) is 0 Å². The van der Waals surface area contributed by atoms with Gasteiger partial charge in [-0.25, -0.2) is 8.78 Å². The summed E-state index contributed by atoms with van der Waals surface area (Å²) < 4.78 is 26.2. The highest BCUT2D eigenvalue weighted by Crippen LogP contribution is 2.40. The predicted molar refractivity (Wildman–Crippen MR) is 53.5 cm³/mol. The van der Waals surface area contributed by atoms with Gasteiger partial charge in [0.1, 0.15) is 11.6 Å². The van der Waals surface area contributed by atoms with Gasteiger partial charge in [-0.3, -0.25) is 0 Å². The summed E-state index contributed by atoms with van der Waals surface area (Å²) >= 11 is 0. The minimum atomic E-state index is -0.553. The lowest BCUT2D eigenvalue weighted by Gasteiger charge is -2.18. The molecule has 0 saturated heterocycles. The van der Waals surface area contributed by atoms with E-state index < -0.39 is 11.6 Å². The minimum Gasteiger partial charge on any atom is -0.393 e. The molecule has 1 aliphatic rings. The van der Waals surface area contributed by atoms with E-state index in [2.05, 4.69) is 0 Å². The summed E-state index contributed by atoms with van der Waals surface area (Å²) in [6, 6.07) is 3.67. The quantitative estimate of drug-likeness (QED) is 0.759. The highest BCUT2D eigenvalue weighted by molar-refractivity contribution is 5.24. The smallest absolute Gasteiger partial charge is 0.129 e. The summed E-state index contributed by atoms with van der Waals surface area (Å²) in [4.78, 5) is 0. The predicted octanol–water partition coefficient (Wildman–Crippen LogP) is 2.84. The van der Waals surface area contributed by atoms with Gasteiger partial charge in [0, 0.05) is 6.07 Å². The molecular formula is C12H14F2O. The van der Waals surface area contributed by atoms with Crippen LogP contribution in [0.3, 0.4) is 0 Å². The Kier molecular flexibility index (Phi) is 2.74. The van der Waals surface area contributed by atoms with Crippen molar-refractivity contribution in [1.82, 2.24) is 0 Å². The highest BCUT2D eigenvalue weighted by atomic mass is 19.1. The third kappa shape index (κ3) is 1.88. The fraction of sp³-hybridized carbons (Fsp3) is 0.500. The van der Waals surface area contributed by atoms with Crippen LogP contribution >= 0.6 is 0 Å². The zero-order valence-corrected chi connectivity index (χ0v) is 8.58.